The maximum absolute atomic E-state index is 6.59. The number of fused-ring (bicyclic) bond motifs is 3. The molecule has 0 N–H and O–H groups in total. The van der Waals surface area contributed by atoms with E-state index in [-0.39, 0.29) is 0 Å². The Labute approximate surface area is 379 Å². The highest BCUT2D eigenvalue weighted by molar-refractivity contribution is 6.09. The molecule has 0 fully saturated rings. The molecule has 4 heteroatoms. The van der Waals surface area contributed by atoms with Crippen LogP contribution in [-0.4, -0.2) is 15.0 Å². The van der Waals surface area contributed by atoms with Crippen molar-refractivity contribution in [2.75, 3.05) is 0 Å². The number of benzene rings is 7. The number of pyridine rings is 3. The van der Waals surface area contributed by atoms with E-state index in [1.54, 1.807) is 0 Å². The lowest BCUT2D eigenvalue weighted by Crippen LogP contribution is -1.98. The van der Waals surface area contributed by atoms with Crippen LogP contribution in [0.4, 0.5) is 0 Å². The fourth-order valence-corrected chi connectivity index (χ4v) is 9.05. The second-order valence-electron chi connectivity index (χ2n) is 16.7. The maximum atomic E-state index is 6.59. The molecule has 0 saturated heterocycles. The fraction of sp³-hybridized carbons (Fsp3) is 0.0656. The van der Waals surface area contributed by atoms with Crippen LogP contribution >= 0.6 is 0 Å². The molecule has 65 heavy (non-hydrogen) atoms. The van der Waals surface area contributed by atoms with Gasteiger partial charge >= 0.3 is 0 Å². The molecule has 0 aliphatic heterocycles. The van der Waals surface area contributed by atoms with E-state index >= 15 is 0 Å². The normalized spacial score (nSPS) is 11.3. The molecule has 11 aromatic rings. The van der Waals surface area contributed by atoms with Gasteiger partial charge in [0.25, 0.3) is 0 Å². The van der Waals surface area contributed by atoms with Crippen molar-refractivity contribution in [2.24, 2.45) is 0 Å². The molecule has 0 amide bonds. The topological polar surface area (TPSA) is 51.8 Å². The number of aromatic nitrogens is 3. The van der Waals surface area contributed by atoms with E-state index in [4.69, 9.17) is 9.40 Å². The zero-order chi connectivity index (χ0) is 43.4. The van der Waals surface area contributed by atoms with Crippen molar-refractivity contribution >= 4 is 21.9 Å². The lowest BCUT2D eigenvalue weighted by Gasteiger charge is -2.15. The lowest BCUT2D eigenvalue weighted by atomic mass is 9.90. The Kier molecular flexibility index (Phi) is 10.9. The average molecular weight is 836 g/mol. The summed E-state index contributed by atoms with van der Waals surface area (Å²) in [7, 11) is 0. The lowest BCUT2D eigenvalue weighted by molar-refractivity contribution is 0.668. The standard InChI is InChI=1S/C61H45N3O/c1-2-10-46(11-3-1)51-32-33-55-56-34-37-64-60(61(56)65-59(55)41-51)50-30-28-47(29-31-50)53-12-4-5-13-54(53)52-39-44(18-16-42-20-24-48(25-21-42)57-14-6-8-35-62-57)38-45(40-52)19-17-43-22-26-49(27-23-43)58-15-7-9-36-63-58/h1-15,20-41H,16-19H2. The van der Waals surface area contributed by atoms with E-state index in [2.05, 4.69) is 186 Å². The molecule has 0 saturated carbocycles. The summed E-state index contributed by atoms with van der Waals surface area (Å²) in [5, 5.41) is 2.16. The number of hydrogen-bond donors (Lipinski definition) is 0. The third-order valence-electron chi connectivity index (χ3n) is 12.5. The third-order valence-corrected chi connectivity index (χ3v) is 12.5. The Hall–Kier alpha value is -8.21. The van der Waals surface area contributed by atoms with Crippen LogP contribution in [0.15, 0.2) is 229 Å². The highest BCUT2D eigenvalue weighted by Gasteiger charge is 2.16. The first-order valence-electron chi connectivity index (χ1n) is 22.4. The average Bonchev–Trinajstić information content (AvgIpc) is 3.77. The highest BCUT2D eigenvalue weighted by atomic mass is 16.3. The number of nitrogens with zero attached hydrogens (tertiary/aromatic N) is 3. The molecule has 4 aromatic heterocycles. The van der Waals surface area contributed by atoms with Crippen LogP contribution < -0.4 is 0 Å². The zero-order valence-corrected chi connectivity index (χ0v) is 35.9. The smallest absolute Gasteiger partial charge is 0.161 e. The molecule has 0 spiro atoms. The summed E-state index contributed by atoms with van der Waals surface area (Å²) in [5.41, 5.74) is 20.2. The number of hydrogen-bond acceptors (Lipinski definition) is 4. The molecule has 0 bridgehead atoms. The first kappa shape index (κ1) is 39.6. The second-order valence-corrected chi connectivity index (χ2v) is 16.7. The predicted octanol–water partition coefficient (Wildman–Crippen LogP) is 15.3. The molecule has 0 radical (unpaired) electrons. The van der Waals surface area contributed by atoms with Crippen molar-refractivity contribution < 1.29 is 4.42 Å². The van der Waals surface area contributed by atoms with Gasteiger partial charge in [-0.2, -0.15) is 0 Å². The van der Waals surface area contributed by atoms with Crippen LogP contribution in [0.5, 0.6) is 0 Å². The molecule has 4 nitrogen and oxygen atoms in total. The molecule has 7 aromatic carbocycles. The van der Waals surface area contributed by atoms with Gasteiger partial charge in [-0.15, -0.1) is 0 Å². The van der Waals surface area contributed by atoms with E-state index in [1.807, 2.05) is 48.9 Å². The molecule has 0 unspecified atom stereocenters. The minimum Gasteiger partial charge on any atom is -0.454 e. The minimum absolute atomic E-state index is 0.804. The van der Waals surface area contributed by atoms with Gasteiger partial charge in [-0.3, -0.25) is 15.0 Å². The van der Waals surface area contributed by atoms with Crippen LogP contribution in [0.1, 0.15) is 22.3 Å². The van der Waals surface area contributed by atoms with Crippen molar-refractivity contribution in [3.8, 4) is 67.2 Å². The monoisotopic (exact) mass is 835 g/mol. The van der Waals surface area contributed by atoms with E-state index in [0.29, 0.717) is 0 Å². The summed E-state index contributed by atoms with van der Waals surface area (Å²) in [4.78, 5) is 13.9. The summed E-state index contributed by atoms with van der Waals surface area (Å²) in [5.74, 6) is 0. The first-order valence-corrected chi connectivity index (χ1v) is 22.4. The van der Waals surface area contributed by atoms with Crippen LogP contribution in [0.25, 0.3) is 89.1 Å². The van der Waals surface area contributed by atoms with E-state index in [9.17, 15) is 0 Å². The molecular weight excluding hydrogens is 791 g/mol. The second kappa shape index (κ2) is 17.9. The van der Waals surface area contributed by atoms with Crippen molar-refractivity contribution in [2.45, 2.75) is 25.7 Å². The van der Waals surface area contributed by atoms with Gasteiger partial charge in [0.1, 0.15) is 11.3 Å². The van der Waals surface area contributed by atoms with Gasteiger partial charge in [-0.25, -0.2) is 0 Å². The molecule has 0 aliphatic carbocycles. The summed E-state index contributed by atoms with van der Waals surface area (Å²) >= 11 is 0. The fourth-order valence-electron chi connectivity index (χ4n) is 9.05. The molecule has 4 heterocycles. The van der Waals surface area contributed by atoms with Gasteiger partial charge in [0.05, 0.1) is 11.4 Å². The Morgan fingerprint density at radius 1 is 0.308 bits per heavy atom. The van der Waals surface area contributed by atoms with E-state index in [1.165, 1.54) is 44.5 Å². The van der Waals surface area contributed by atoms with Crippen LogP contribution in [0.2, 0.25) is 0 Å². The first-order chi connectivity index (χ1) is 32.2. The molecular formula is C61H45N3O. The van der Waals surface area contributed by atoms with E-state index < -0.39 is 0 Å². The predicted molar refractivity (Wildman–Crippen MR) is 267 cm³/mol. The highest BCUT2D eigenvalue weighted by Crippen LogP contribution is 2.39. The van der Waals surface area contributed by atoms with Gasteiger partial charge in [0.2, 0.25) is 0 Å². The Morgan fingerprint density at radius 2 is 0.831 bits per heavy atom. The van der Waals surface area contributed by atoms with Gasteiger partial charge in [-0.1, -0.05) is 164 Å². The van der Waals surface area contributed by atoms with Gasteiger partial charge in [-0.05, 0) is 124 Å². The molecule has 0 atom stereocenters. The molecule has 0 aliphatic rings. The summed E-state index contributed by atoms with van der Waals surface area (Å²) in [6.07, 6.45) is 9.36. The number of rotatable bonds is 12. The van der Waals surface area contributed by atoms with Crippen molar-refractivity contribution in [3.63, 3.8) is 0 Å². The van der Waals surface area contributed by atoms with Crippen molar-refractivity contribution in [1.29, 1.82) is 0 Å². The number of aryl methyl sites for hydroxylation is 4. The number of furan rings is 1. The van der Waals surface area contributed by atoms with Crippen LogP contribution in [-0.2, 0) is 25.7 Å². The van der Waals surface area contributed by atoms with Gasteiger partial charge in [0.15, 0.2) is 5.58 Å². The van der Waals surface area contributed by atoms with Gasteiger partial charge in [0, 0.05) is 46.1 Å². The molecule has 310 valence electrons. The summed E-state index contributed by atoms with van der Waals surface area (Å²) in [6.45, 7) is 0. The Bertz CT molecular complexity index is 3270. The van der Waals surface area contributed by atoms with Gasteiger partial charge < -0.3 is 4.42 Å². The van der Waals surface area contributed by atoms with Crippen LogP contribution in [0, 0.1) is 0 Å². The summed E-state index contributed by atoms with van der Waals surface area (Å²) in [6, 6.07) is 73.6. The molecule has 11 rings (SSSR count). The summed E-state index contributed by atoms with van der Waals surface area (Å²) < 4.78 is 6.59. The SMILES string of the molecule is c1ccc(-c2ccc3c(c2)oc2c(-c4ccc(-c5ccccc5-c5cc(CCc6ccc(-c7ccccn7)cc6)cc(CCc6ccc(-c7ccccn7)cc6)c5)cc4)nccc23)cc1. The largest absolute Gasteiger partial charge is 0.454 e. The zero-order valence-electron chi connectivity index (χ0n) is 35.9. The quantitative estimate of drug-likeness (QED) is 0.123. The van der Waals surface area contributed by atoms with E-state index in [0.717, 1.165) is 92.5 Å². The van der Waals surface area contributed by atoms with Crippen molar-refractivity contribution in [3.05, 3.63) is 247 Å². The Balaban J connectivity index is 0.891. The Morgan fingerprint density at radius 3 is 1.43 bits per heavy atom. The maximum Gasteiger partial charge on any atom is 0.161 e. The van der Waals surface area contributed by atoms with Crippen molar-refractivity contribution in [1.82, 2.24) is 15.0 Å². The van der Waals surface area contributed by atoms with Crippen LogP contribution in [0.3, 0.4) is 0 Å². The third kappa shape index (κ3) is 8.50. The minimum atomic E-state index is 0.804.